The van der Waals surface area contributed by atoms with Crippen LogP contribution in [-0.4, -0.2) is 11.1 Å². The average Bonchev–Trinajstić information content (AvgIpc) is 3.41. The number of aryl methyl sites for hydroxylation is 1. The minimum atomic E-state index is 0.00920. The van der Waals surface area contributed by atoms with Crippen LogP contribution in [0.3, 0.4) is 0 Å². The van der Waals surface area contributed by atoms with Gasteiger partial charge in [-0.15, -0.1) is 0 Å². The number of hydrogen-bond donors (Lipinski definition) is 0. The molecule has 3 heterocycles. The lowest BCUT2D eigenvalue weighted by Gasteiger charge is -2.23. The van der Waals surface area contributed by atoms with Gasteiger partial charge in [0.2, 0.25) is 5.71 Å². The molecule has 3 heteroatoms. The Kier molecular flexibility index (Phi) is 4.38. The third-order valence-corrected chi connectivity index (χ3v) is 6.69. The number of furan rings is 1. The second-order valence-electron chi connectivity index (χ2n) is 10.1. The first-order valence-electron chi connectivity index (χ1n) is 11.5. The van der Waals surface area contributed by atoms with Gasteiger partial charge in [0.05, 0.1) is 17.3 Å². The summed E-state index contributed by atoms with van der Waals surface area (Å²) in [6.07, 6.45) is 12.5. The number of ether oxygens (including phenoxy) is 1. The van der Waals surface area contributed by atoms with Crippen LogP contribution in [0.25, 0.3) is 38.9 Å². The minimum absolute atomic E-state index is 0.00920. The van der Waals surface area contributed by atoms with Crippen molar-refractivity contribution >= 4 is 27.6 Å². The molecule has 2 aromatic heterocycles. The first kappa shape index (κ1) is 20.0. The van der Waals surface area contributed by atoms with Crippen molar-refractivity contribution in [2.75, 3.05) is 0 Å². The van der Waals surface area contributed by atoms with Gasteiger partial charge in [0.25, 0.3) is 0 Å². The maximum Gasteiger partial charge on any atom is 0.227 e. The van der Waals surface area contributed by atoms with E-state index in [1.165, 1.54) is 16.3 Å². The van der Waals surface area contributed by atoms with Gasteiger partial charge in [-0.1, -0.05) is 63.3 Å². The van der Waals surface area contributed by atoms with E-state index in [4.69, 9.17) is 14.1 Å². The van der Waals surface area contributed by atoms with Crippen LogP contribution in [0.4, 0.5) is 0 Å². The van der Waals surface area contributed by atoms with E-state index < -0.39 is 0 Å². The van der Waals surface area contributed by atoms with Crippen LogP contribution < -0.4 is 0 Å². The summed E-state index contributed by atoms with van der Waals surface area (Å²) in [7, 11) is 0. The van der Waals surface area contributed by atoms with Gasteiger partial charge in [-0.2, -0.15) is 0 Å². The number of nitrogens with zero attached hydrogens (tertiary/aromatic N) is 1. The predicted molar refractivity (Wildman–Crippen MR) is 135 cm³/mol. The first-order chi connectivity index (χ1) is 15.9. The Balaban J connectivity index is 1.57. The molecule has 4 aromatic rings. The standard InChI is InChI=1S/C30H27NO2/c1-18-17-32-29-28(18)23(27-15-20-10-6-8-12-26(20)33-27)16-25(31-29)21-13-19-9-5-7-11-22(19)24(14-21)30(2,3)4/h5-17,20,26H,1-4H3. The Bertz CT molecular complexity index is 1490. The summed E-state index contributed by atoms with van der Waals surface area (Å²) in [6, 6.07) is 15.3. The summed E-state index contributed by atoms with van der Waals surface area (Å²) in [5.41, 5.74) is 6.07. The summed E-state index contributed by atoms with van der Waals surface area (Å²) < 4.78 is 12.3. The van der Waals surface area contributed by atoms with E-state index >= 15 is 0 Å². The second kappa shape index (κ2) is 7.21. The summed E-state index contributed by atoms with van der Waals surface area (Å²) in [5, 5.41) is 3.53. The monoisotopic (exact) mass is 433 g/mol. The highest BCUT2D eigenvalue weighted by Gasteiger charge is 2.29. The number of hydrogen-bond acceptors (Lipinski definition) is 3. The molecule has 1 aliphatic carbocycles. The minimum Gasteiger partial charge on any atom is -0.485 e. The zero-order valence-corrected chi connectivity index (χ0v) is 19.4. The van der Waals surface area contributed by atoms with Crippen molar-refractivity contribution in [2.24, 2.45) is 5.92 Å². The van der Waals surface area contributed by atoms with Gasteiger partial charge >= 0.3 is 0 Å². The lowest BCUT2D eigenvalue weighted by molar-refractivity contribution is 0.213. The molecule has 2 atom stereocenters. The van der Waals surface area contributed by atoms with E-state index in [9.17, 15) is 0 Å². The third kappa shape index (κ3) is 3.31. The Hall–Kier alpha value is -3.59. The zero-order valence-electron chi connectivity index (χ0n) is 19.4. The van der Waals surface area contributed by atoms with Gasteiger partial charge < -0.3 is 9.15 Å². The maximum atomic E-state index is 6.38. The molecule has 0 fully saturated rings. The van der Waals surface area contributed by atoms with E-state index in [0.717, 1.165) is 33.5 Å². The quantitative estimate of drug-likeness (QED) is 0.324. The molecular weight excluding hydrogens is 406 g/mol. The summed E-state index contributed by atoms with van der Waals surface area (Å²) in [5.74, 6) is 1.16. The lowest BCUT2D eigenvalue weighted by atomic mass is 9.82. The fraction of sp³-hybridized carbons (Fsp3) is 0.233. The molecule has 2 aromatic carbocycles. The lowest BCUT2D eigenvalue weighted by Crippen LogP contribution is -2.13. The number of fused-ring (bicyclic) bond motifs is 3. The largest absolute Gasteiger partial charge is 0.485 e. The van der Waals surface area contributed by atoms with Crippen LogP contribution in [-0.2, 0) is 10.2 Å². The smallest absolute Gasteiger partial charge is 0.227 e. The zero-order chi connectivity index (χ0) is 22.7. The van der Waals surface area contributed by atoms with Gasteiger partial charge in [0.1, 0.15) is 11.9 Å². The van der Waals surface area contributed by atoms with Crippen LogP contribution in [0.1, 0.15) is 37.5 Å². The predicted octanol–water partition coefficient (Wildman–Crippen LogP) is 7.74. The highest BCUT2D eigenvalue weighted by molar-refractivity contribution is 5.95. The van der Waals surface area contributed by atoms with Crippen molar-refractivity contribution in [3.63, 3.8) is 0 Å². The Morgan fingerprint density at radius 1 is 0.970 bits per heavy atom. The van der Waals surface area contributed by atoms with E-state index in [0.29, 0.717) is 5.71 Å². The number of pyridine rings is 1. The van der Waals surface area contributed by atoms with Crippen molar-refractivity contribution in [2.45, 2.75) is 39.2 Å². The summed E-state index contributed by atoms with van der Waals surface area (Å²) >= 11 is 0. The number of allylic oxidation sites excluding steroid dienone is 2. The molecular formula is C30H27NO2. The van der Waals surface area contributed by atoms with Crippen molar-refractivity contribution in [3.8, 4) is 11.3 Å². The molecule has 2 unspecified atom stereocenters. The molecule has 0 bridgehead atoms. The third-order valence-electron chi connectivity index (χ3n) is 6.69. The van der Waals surface area contributed by atoms with Crippen molar-refractivity contribution in [1.29, 1.82) is 0 Å². The number of rotatable bonds is 2. The van der Waals surface area contributed by atoms with Gasteiger partial charge in [0.15, 0.2) is 0 Å². The average molecular weight is 434 g/mol. The number of aromatic nitrogens is 1. The Morgan fingerprint density at radius 2 is 1.79 bits per heavy atom. The molecule has 33 heavy (non-hydrogen) atoms. The van der Waals surface area contributed by atoms with Crippen molar-refractivity contribution < 1.29 is 9.15 Å². The van der Waals surface area contributed by atoms with Crippen molar-refractivity contribution in [3.05, 3.63) is 95.8 Å². The van der Waals surface area contributed by atoms with Crippen LogP contribution >= 0.6 is 0 Å². The van der Waals surface area contributed by atoms with Crippen LogP contribution in [0.2, 0.25) is 0 Å². The molecule has 0 amide bonds. The SMILES string of the molecule is Cc1coc2nc(-c3cc(C(C)(C)C)c4ccccc4c3)cc(C3=CC4C=CC=CC4O3)c12. The second-order valence-corrected chi connectivity index (χ2v) is 10.1. The maximum absolute atomic E-state index is 6.38. The molecule has 0 saturated carbocycles. The van der Waals surface area contributed by atoms with E-state index in [1.54, 1.807) is 6.26 Å². The molecule has 3 nitrogen and oxygen atoms in total. The van der Waals surface area contributed by atoms with E-state index in [-0.39, 0.29) is 17.4 Å². The normalized spacial score (nSPS) is 19.7. The number of benzene rings is 2. The fourth-order valence-corrected chi connectivity index (χ4v) is 5.00. The van der Waals surface area contributed by atoms with Crippen LogP contribution in [0, 0.1) is 12.8 Å². The summed E-state index contributed by atoms with van der Waals surface area (Å²) in [4.78, 5) is 4.94. The van der Waals surface area contributed by atoms with Gasteiger partial charge in [-0.3, -0.25) is 0 Å². The Morgan fingerprint density at radius 3 is 2.61 bits per heavy atom. The van der Waals surface area contributed by atoms with Crippen molar-refractivity contribution in [1.82, 2.24) is 4.98 Å². The Labute approximate surface area is 194 Å². The molecule has 1 aliphatic heterocycles. The van der Waals surface area contributed by atoms with Gasteiger partial charge in [-0.25, -0.2) is 4.98 Å². The summed E-state index contributed by atoms with van der Waals surface area (Å²) in [6.45, 7) is 8.84. The molecule has 0 saturated heterocycles. The highest BCUT2D eigenvalue weighted by atomic mass is 16.5. The molecule has 0 N–H and O–H groups in total. The molecule has 164 valence electrons. The van der Waals surface area contributed by atoms with E-state index in [1.807, 2.05) is 0 Å². The topological polar surface area (TPSA) is 35.3 Å². The fourth-order valence-electron chi connectivity index (χ4n) is 5.00. The van der Waals surface area contributed by atoms with Gasteiger partial charge in [-0.05, 0) is 64.6 Å². The van der Waals surface area contributed by atoms with E-state index in [2.05, 4.69) is 101 Å². The highest BCUT2D eigenvalue weighted by Crippen LogP contribution is 2.40. The first-order valence-corrected chi connectivity index (χ1v) is 11.5. The molecule has 6 rings (SSSR count). The van der Waals surface area contributed by atoms with Crippen LogP contribution in [0.15, 0.2) is 83.5 Å². The van der Waals surface area contributed by atoms with Gasteiger partial charge in [0, 0.05) is 17.0 Å². The molecule has 0 spiro atoms. The molecule has 0 radical (unpaired) electrons. The van der Waals surface area contributed by atoms with Crippen LogP contribution in [0.5, 0.6) is 0 Å². The molecule has 2 aliphatic rings.